The SMILES string of the molecule is Cc1ccc(OCc2nnc(SCC(=O)Nc3c(C)n(C)n(-c4ccccc4)c3=O)n2C)cc1. The van der Waals surface area contributed by atoms with Gasteiger partial charge in [0.25, 0.3) is 5.56 Å². The maximum Gasteiger partial charge on any atom is 0.295 e. The lowest BCUT2D eigenvalue weighted by Crippen LogP contribution is -2.23. The largest absolute Gasteiger partial charge is 0.486 e. The maximum absolute atomic E-state index is 13.0. The minimum atomic E-state index is -0.295. The summed E-state index contributed by atoms with van der Waals surface area (Å²) in [6.07, 6.45) is 0. The Kier molecular flexibility index (Phi) is 6.87. The Morgan fingerprint density at radius 3 is 2.44 bits per heavy atom. The maximum atomic E-state index is 13.0. The van der Waals surface area contributed by atoms with E-state index < -0.39 is 0 Å². The Labute approximate surface area is 201 Å². The van der Waals surface area contributed by atoms with Crippen LogP contribution >= 0.6 is 11.8 Å². The average Bonchev–Trinajstić information content (AvgIpc) is 3.29. The van der Waals surface area contributed by atoms with Gasteiger partial charge in [-0.3, -0.25) is 14.3 Å². The zero-order valence-corrected chi connectivity index (χ0v) is 20.3. The van der Waals surface area contributed by atoms with Crippen LogP contribution in [0.15, 0.2) is 64.5 Å². The van der Waals surface area contributed by atoms with Crippen molar-refractivity contribution < 1.29 is 9.53 Å². The molecular weight excluding hydrogens is 452 g/mol. The molecule has 2 aromatic heterocycles. The normalized spacial score (nSPS) is 10.9. The van der Waals surface area contributed by atoms with Gasteiger partial charge in [-0.2, -0.15) is 0 Å². The molecule has 2 aromatic carbocycles. The van der Waals surface area contributed by atoms with Crippen LogP contribution in [-0.2, 0) is 25.5 Å². The van der Waals surface area contributed by atoms with Gasteiger partial charge in [0.2, 0.25) is 5.91 Å². The van der Waals surface area contributed by atoms with Crippen LogP contribution in [-0.4, -0.2) is 35.8 Å². The van der Waals surface area contributed by atoms with Gasteiger partial charge < -0.3 is 14.6 Å². The van der Waals surface area contributed by atoms with E-state index >= 15 is 0 Å². The highest BCUT2D eigenvalue weighted by Gasteiger charge is 2.19. The Bertz CT molecular complexity index is 1360. The van der Waals surface area contributed by atoms with Gasteiger partial charge in [0, 0.05) is 14.1 Å². The monoisotopic (exact) mass is 478 g/mol. The molecule has 0 spiro atoms. The number of carbonyl (C=O) groups is 1. The number of hydrogen-bond donors (Lipinski definition) is 1. The molecule has 0 unspecified atom stereocenters. The predicted octanol–water partition coefficient (Wildman–Crippen LogP) is 3.23. The van der Waals surface area contributed by atoms with Gasteiger partial charge in [-0.1, -0.05) is 47.7 Å². The lowest BCUT2D eigenvalue weighted by Gasteiger charge is -2.07. The number of amides is 1. The third-order valence-corrected chi connectivity index (χ3v) is 6.49. The summed E-state index contributed by atoms with van der Waals surface area (Å²) in [5, 5.41) is 11.7. The highest BCUT2D eigenvalue weighted by atomic mass is 32.2. The van der Waals surface area contributed by atoms with E-state index in [4.69, 9.17) is 4.74 Å². The molecule has 0 aliphatic heterocycles. The van der Waals surface area contributed by atoms with E-state index in [-0.39, 0.29) is 29.5 Å². The Balaban J connectivity index is 1.38. The average molecular weight is 479 g/mol. The fraction of sp³-hybridized carbons (Fsp3) is 0.250. The summed E-state index contributed by atoms with van der Waals surface area (Å²) in [6.45, 7) is 4.08. The van der Waals surface area contributed by atoms with Gasteiger partial charge >= 0.3 is 0 Å². The Hall–Kier alpha value is -3.79. The molecule has 0 saturated heterocycles. The zero-order chi connectivity index (χ0) is 24.2. The molecule has 1 amide bonds. The first-order valence-electron chi connectivity index (χ1n) is 10.7. The second-order valence-corrected chi connectivity index (χ2v) is 8.78. The van der Waals surface area contributed by atoms with Crippen LogP contribution in [0, 0.1) is 13.8 Å². The van der Waals surface area contributed by atoms with Crippen molar-refractivity contribution in [2.75, 3.05) is 11.1 Å². The topological polar surface area (TPSA) is 96.0 Å². The van der Waals surface area contributed by atoms with Gasteiger partial charge in [0.15, 0.2) is 11.0 Å². The van der Waals surface area contributed by atoms with Crippen molar-refractivity contribution >= 4 is 23.4 Å². The first-order chi connectivity index (χ1) is 16.3. The smallest absolute Gasteiger partial charge is 0.295 e. The minimum Gasteiger partial charge on any atom is -0.486 e. The van der Waals surface area contributed by atoms with Crippen LogP contribution in [0.5, 0.6) is 5.75 Å². The number of nitrogens with zero attached hydrogens (tertiary/aromatic N) is 5. The quantitative estimate of drug-likeness (QED) is 0.391. The zero-order valence-electron chi connectivity index (χ0n) is 19.5. The Morgan fingerprint density at radius 1 is 1.03 bits per heavy atom. The number of ether oxygens (including phenoxy) is 1. The molecule has 176 valence electrons. The molecule has 9 nitrogen and oxygen atoms in total. The summed E-state index contributed by atoms with van der Waals surface area (Å²) in [7, 11) is 3.61. The van der Waals surface area contributed by atoms with E-state index in [1.54, 1.807) is 23.2 Å². The van der Waals surface area contributed by atoms with Gasteiger partial charge in [-0.25, -0.2) is 4.68 Å². The minimum absolute atomic E-state index is 0.0872. The number of aromatic nitrogens is 5. The molecule has 0 fully saturated rings. The lowest BCUT2D eigenvalue weighted by atomic mass is 10.2. The predicted molar refractivity (Wildman–Crippen MR) is 132 cm³/mol. The van der Waals surface area contributed by atoms with Crippen molar-refractivity contribution in [3.05, 3.63) is 82.0 Å². The van der Waals surface area contributed by atoms with E-state index in [9.17, 15) is 9.59 Å². The summed E-state index contributed by atoms with van der Waals surface area (Å²) in [5.41, 5.74) is 2.54. The van der Waals surface area contributed by atoms with Crippen molar-refractivity contribution in [1.29, 1.82) is 0 Å². The van der Waals surface area contributed by atoms with Crippen LogP contribution in [0.1, 0.15) is 17.1 Å². The van der Waals surface area contributed by atoms with E-state index in [1.165, 1.54) is 16.4 Å². The number of nitrogens with one attached hydrogen (secondary N) is 1. The first-order valence-corrected chi connectivity index (χ1v) is 11.7. The fourth-order valence-electron chi connectivity index (χ4n) is 3.40. The van der Waals surface area contributed by atoms with Gasteiger partial charge in [0.1, 0.15) is 18.0 Å². The third-order valence-electron chi connectivity index (χ3n) is 5.46. The number of anilines is 1. The molecule has 34 heavy (non-hydrogen) atoms. The van der Waals surface area contributed by atoms with Crippen molar-refractivity contribution in [2.45, 2.75) is 25.6 Å². The van der Waals surface area contributed by atoms with Crippen molar-refractivity contribution in [2.24, 2.45) is 14.1 Å². The number of benzene rings is 2. The van der Waals surface area contributed by atoms with Crippen LogP contribution in [0.2, 0.25) is 0 Å². The molecule has 0 aliphatic carbocycles. The molecule has 0 atom stereocenters. The molecular formula is C24H26N6O3S. The van der Waals surface area contributed by atoms with Crippen molar-refractivity contribution in [3.63, 3.8) is 0 Å². The number of para-hydroxylation sites is 1. The molecule has 0 radical (unpaired) electrons. The Morgan fingerprint density at radius 2 is 1.74 bits per heavy atom. The second kappa shape index (κ2) is 10.0. The number of rotatable bonds is 8. The van der Waals surface area contributed by atoms with Crippen LogP contribution < -0.4 is 15.6 Å². The van der Waals surface area contributed by atoms with Crippen LogP contribution in [0.25, 0.3) is 5.69 Å². The number of hydrogen-bond acceptors (Lipinski definition) is 6. The number of thioether (sulfide) groups is 1. The standard InChI is InChI=1S/C24H26N6O3S/c1-16-10-12-19(13-11-16)33-14-20-26-27-24(28(20)3)34-15-21(31)25-22-17(2)29(4)30(23(22)32)18-8-6-5-7-9-18/h5-13H,14-15H2,1-4H3,(H,25,31). The van der Waals surface area contributed by atoms with E-state index in [0.717, 1.165) is 17.0 Å². The fourth-order valence-corrected chi connectivity index (χ4v) is 4.13. The van der Waals surface area contributed by atoms with Gasteiger partial charge in [-0.15, -0.1) is 10.2 Å². The molecule has 2 heterocycles. The van der Waals surface area contributed by atoms with Gasteiger partial charge in [0.05, 0.1) is 17.1 Å². The highest BCUT2D eigenvalue weighted by Crippen LogP contribution is 2.19. The summed E-state index contributed by atoms with van der Waals surface area (Å²) < 4.78 is 10.8. The number of aryl methyl sites for hydroxylation is 1. The summed E-state index contributed by atoms with van der Waals surface area (Å²) in [5.74, 6) is 1.19. The summed E-state index contributed by atoms with van der Waals surface area (Å²) in [6, 6.07) is 17.1. The molecule has 4 rings (SSSR count). The second-order valence-electron chi connectivity index (χ2n) is 7.83. The van der Waals surface area contributed by atoms with Crippen LogP contribution in [0.3, 0.4) is 0 Å². The third kappa shape index (κ3) is 4.91. The molecule has 0 aliphatic rings. The molecule has 4 aromatic rings. The van der Waals surface area contributed by atoms with E-state index in [0.29, 0.717) is 16.7 Å². The summed E-state index contributed by atoms with van der Waals surface area (Å²) >= 11 is 1.24. The molecule has 1 N–H and O–H groups in total. The molecule has 0 bridgehead atoms. The van der Waals surface area contributed by atoms with Crippen LogP contribution in [0.4, 0.5) is 5.69 Å². The van der Waals surface area contributed by atoms with Crippen molar-refractivity contribution in [3.8, 4) is 11.4 Å². The summed E-state index contributed by atoms with van der Waals surface area (Å²) in [4.78, 5) is 25.6. The molecule has 0 saturated carbocycles. The molecule has 10 heteroatoms. The number of carbonyl (C=O) groups excluding carboxylic acids is 1. The van der Waals surface area contributed by atoms with E-state index in [2.05, 4.69) is 15.5 Å². The van der Waals surface area contributed by atoms with Crippen molar-refractivity contribution in [1.82, 2.24) is 24.1 Å². The first kappa shape index (κ1) is 23.4. The van der Waals surface area contributed by atoms with E-state index in [1.807, 2.05) is 68.6 Å². The highest BCUT2D eigenvalue weighted by molar-refractivity contribution is 7.99. The van der Waals surface area contributed by atoms with Gasteiger partial charge in [-0.05, 0) is 38.1 Å². The lowest BCUT2D eigenvalue weighted by molar-refractivity contribution is -0.113.